The van der Waals surface area contributed by atoms with E-state index in [-0.39, 0.29) is 11.2 Å². The van der Waals surface area contributed by atoms with Gasteiger partial charge in [-0.2, -0.15) is 0 Å². The van der Waals surface area contributed by atoms with E-state index in [1.807, 2.05) is 50.6 Å². The number of anilines is 1. The normalized spacial score (nSPS) is 11.9. The molecule has 0 bridgehead atoms. The third-order valence-corrected chi connectivity index (χ3v) is 6.51. The SMILES string of the molecule is COc1ccc(-c2nnc(S[C@H](C)C(=O)Nc3nc(C)c(C)s3)n2C)cc1OC. The third-order valence-electron chi connectivity index (χ3n) is 4.39. The summed E-state index contributed by atoms with van der Waals surface area (Å²) in [6, 6.07) is 5.56. The van der Waals surface area contributed by atoms with E-state index in [4.69, 9.17) is 9.47 Å². The molecule has 3 rings (SSSR count). The van der Waals surface area contributed by atoms with E-state index in [1.54, 1.807) is 14.2 Å². The highest BCUT2D eigenvalue weighted by Gasteiger charge is 2.21. The van der Waals surface area contributed by atoms with Gasteiger partial charge in [0.1, 0.15) is 0 Å². The molecule has 1 aromatic carbocycles. The first-order chi connectivity index (χ1) is 13.8. The Morgan fingerprint density at radius 1 is 1.21 bits per heavy atom. The second-order valence-electron chi connectivity index (χ2n) is 6.34. The zero-order chi connectivity index (χ0) is 21.1. The number of rotatable bonds is 7. The number of amides is 1. The lowest BCUT2D eigenvalue weighted by atomic mass is 10.2. The van der Waals surface area contributed by atoms with Crippen LogP contribution in [0.25, 0.3) is 11.4 Å². The smallest absolute Gasteiger partial charge is 0.239 e. The van der Waals surface area contributed by atoms with E-state index in [9.17, 15) is 4.79 Å². The Kier molecular flexibility index (Phi) is 6.43. The van der Waals surface area contributed by atoms with E-state index in [0.29, 0.717) is 27.6 Å². The van der Waals surface area contributed by atoms with Crippen LogP contribution in [0.4, 0.5) is 5.13 Å². The summed E-state index contributed by atoms with van der Waals surface area (Å²) in [4.78, 5) is 18.0. The Labute approximate surface area is 177 Å². The van der Waals surface area contributed by atoms with Gasteiger partial charge in [-0.3, -0.25) is 4.79 Å². The average Bonchev–Trinajstić information content (AvgIpc) is 3.22. The number of carbonyl (C=O) groups is 1. The van der Waals surface area contributed by atoms with Crippen molar-refractivity contribution >= 4 is 34.1 Å². The van der Waals surface area contributed by atoms with Crippen molar-refractivity contribution in [3.8, 4) is 22.9 Å². The molecule has 0 fully saturated rings. The topological polar surface area (TPSA) is 91.2 Å². The molecule has 0 saturated heterocycles. The lowest BCUT2D eigenvalue weighted by Crippen LogP contribution is -2.22. The lowest BCUT2D eigenvalue weighted by Gasteiger charge is -2.11. The molecular formula is C19H23N5O3S2. The van der Waals surface area contributed by atoms with Crippen LogP contribution >= 0.6 is 23.1 Å². The molecule has 10 heteroatoms. The maximum Gasteiger partial charge on any atom is 0.239 e. The number of thiazole rings is 1. The minimum atomic E-state index is -0.360. The first-order valence-corrected chi connectivity index (χ1v) is 10.6. The number of benzene rings is 1. The molecule has 0 aliphatic rings. The quantitative estimate of drug-likeness (QED) is 0.568. The number of aromatic nitrogens is 4. The van der Waals surface area contributed by atoms with E-state index in [2.05, 4.69) is 20.5 Å². The number of methoxy groups -OCH3 is 2. The van der Waals surface area contributed by atoms with Crippen LogP contribution in [0.1, 0.15) is 17.5 Å². The first-order valence-electron chi connectivity index (χ1n) is 8.87. The summed E-state index contributed by atoms with van der Waals surface area (Å²) in [5.41, 5.74) is 1.77. The highest BCUT2D eigenvalue weighted by molar-refractivity contribution is 8.00. The van der Waals surface area contributed by atoms with E-state index >= 15 is 0 Å². The fraction of sp³-hybridized carbons (Fsp3) is 0.368. The van der Waals surface area contributed by atoms with E-state index in [1.165, 1.54) is 23.1 Å². The number of ether oxygens (including phenoxy) is 2. The number of aryl methyl sites for hydroxylation is 2. The molecule has 1 amide bonds. The summed E-state index contributed by atoms with van der Waals surface area (Å²) in [7, 11) is 5.05. The molecule has 2 aromatic heterocycles. The summed E-state index contributed by atoms with van der Waals surface area (Å²) in [5, 5.41) is 12.3. The van der Waals surface area contributed by atoms with Crippen LogP contribution < -0.4 is 14.8 Å². The van der Waals surface area contributed by atoms with Crippen molar-refractivity contribution in [3.63, 3.8) is 0 Å². The second-order valence-corrected chi connectivity index (χ2v) is 8.86. The molecule has 0 radical (unpaired) electrons. The van der Waals surface area contributed by atoms with Gasteiger partial charge in [-0.25, -0.2) is 4.98 Å². The van der Waals surface area contributed by atoms with Crippen molar-refractivity contribution in [3.05, 3.63) is 28.8 Å². The molecule has 0 aliphatic carbocycles. The zero-order valence-electron chi connectivity index (χ0n) is 17.1. The van der Waals surface area contributed by atoms with E-state index in [0.717, 1.165) is 16.1 Å². The Balaban J connectivity index is 1.74. The maximum atomic E-state index is 12.5. The molecule has 0 aliphatic heterocycles. The lowest BCUT2D eigenvalue weighted by molar-refractivity contribution is -0.115. The van der Waals surface area contributed by atoms with Crippen molar-refractivity contribution < 1.29 is 14.3 Å². The van der Waals surface area contributed by atoms with Gasteiger partial charge in [0.15, 0.2) is 27.6 Å². The van der Waals surface area contributed by atoms with Crippen molar-refractivity contribution in [2.24, 2.45) is 7.05 Å². The predicted octanol–water partition coefficient (Wildman–Crippen LogP) is 3.69. The van der Waals surface area contributed by atoms with Crippen LogP contribution in [0.15, 0.2) is 23.4 Å². The van der Waals surface area contributed by atoms with Crippen LogP contribution in [0.2, 0.25) is 0 Å². The number of hydrogen-bond donors (Lipinski definition) is 1. The summed E-state index contributed by atoms with van der Waals surface area (Å²) < 4.78 is 12.5. The third kappa shape index (κ3) is 4.54. The summed E-state index contributed by atoms with van der Waals surface area (Å²) in [6.07, 6.45) is 0. The van der Waals surface area contributed by atoms with Crippen LogP contribution in [0.5, 0.6) is 11.5 Å². The average molecular weight is 434 g/mol. The van der Waals surface area contributed by atoms with Crippen LogP contribution in [-0.2, 0) is 11.8 Å². The molecule has 8 nitrogen and oxygen atoms in total. The Hall–Kier alpha value is -2.59. The highest BCUT2D eigenvalue weighted by Crippen LogP contribution is 2.33. The Morgan fingerprint density at radius 3 is 2.55 bits per heavy atom. The molecule has 29 heavy (non-hydrogen) atoms. The maximum absolute atomic E-state index is 12.5. The van der Waals surface area contributed by atoms with Crippen molar-refractivity contribution in [1.82, 2.24) is 19.7 Å². The molecule has 0 unspecified atom stereocenters. The molecule has 0 spiro atoms. The second kappa shape index (κ2) is 8.83. The minimum Gasteiger partial charge on any atom is -0.493 e. The Morgan fingerprint density at radius 2 is 1.93 bits per heavy atom. The van der Waals surface area contributed by atoms with Gasteiger partial charge in [0.05, 0.1) is 25.2 Å². The molecule has 1 atom stereocenters. The van der Waals surface area contributed by atoms with Crippen molar-refractivity contribution in [2.75, 3.05) is 19.5 Å². The molecule has 3 aromatic rings. The number of hydrogen-bond acceptors (Lipinski definition) is 8. The number of nitrogens with one attached hydrogen (secondary N) is 1. The van der Waals surface area contributed by atoms with Crippen LogP contribution in [0, 0.1) is 13.8 Å². The van der Waals surface area contributed by atoms with Gasteiger partial charge in [-0.1, -0.05) is 11.8 Å². The fourth-order valence-corrected chi connectivity index (χ4v) is 4.22. The van der Waals surface area contributed by atoms with Gasteiger partial charge in [-0.05, 0) is 39.0 Å². The van der Waals surface area contributed by atoms with Gasteiger partial charge >= 0.3 is 0 Å². The first kappa shape index (κ1) is 21.1. The minimum absolute atomic E-state index is 0.126. The Bertz CT molecular complexity index is 1010. The molecule has 0 saturated carbocycles. The van der Waals surface area contributed by atoms with Gasteiger partial charge < -0.3 is 19.4 Å². The summed E-state index contributed by atoms with van der Waals surface area (Å²) in [5.74, 6) is 1.81. The van der Waals surface area contributed by atoms with Gasteiger partial charge in [-0.15, -0.1) is 21.5 Å². The van der Waals surface area contributed by atoms with Crippen LogP contribution in [0.3, 0.4) is 0 Å². The summed E-state index contributed by atoms with van der Waals surface area (Å²) in [6.45, 7) is 5.74. The van der Waals surface area contributed by atoms with E-state index < -0.39 is 0 Å². The number of nitrogens with zero attached hydrogens (tertiary/aromatic N) is 4. The molecule has 1 N–H and O–H groups in total. The predicted molar refractivity (Wildman–Crippen MR) is 115 cm³/mol. The summed E-state index contributed by atoms with van der Waals surface area (Å²) >= 11 is 2.81. The van der Waals surface area contributed by atoms with Gasteiger partial charge in [0, 0.05) is 17.5 Å². The standard InChI is InChI=1S/C19H23N5O3S2/c1-10-11(2)28-18(20-10)21-17(25)12(3)29-19-23-22-16(24(19)4)13-7-8-14(26-5)15(9-13)27-6/h7-9,12H,1-6H3,(H,20,21,25)/t12-/m1/s1. The van der Waals surface area contributed by atoms with Crippen LogP contribution in [-0.4, -0.2) is 45.1 Å². The van der Waals surface area contributed by atoms with Crippen molar-refractivity contribution in [2.45, 2.75) is 31.2 Å². The van der Waals surface area contributed by atoms with Gasteiger partial charge in [0.25, 0.3) is 0 Å². The highest BCUT2D eigenvalue weighted by atomic mass is 32.2. The molecular weight excluding hydrogens is 410 g/mol. The van der Waals surface area contributed by atoms with Crippen molar-refractivity contribution in [1.29, 1.82) is 0 Å². The van der Waals surface area contributed by atoms with Gasteiger partial charge in [0.2, 0.25) is 5.91 Å². The monoisotopic (exact) mass is 433 g/mol. The number of carbonyl (C=O) groups excluding carboxylic acids is 1. The molecule has 154 valence electrons. The zero-order valence-corrected chi connectivity index (χ0v) is 18.8. The molecule has 2 heterocycles. The fourth-order valence-electron chi connectivity index (χ4n) is 2.59. The largest absolute Gasteiger partial charge is 0.493 e. The number of thioether (sulfide) groups is 1.